The molecule has 0 saturated carbocycles. The maximum atomic E-state index is 13.4. The van der Waals surface area contributed by atoms with E-state index in [4.69, 9.17) is 5.26 Å². The highest BCUT2D eigenvalue weighted by Gasteiger charge is 2.05. The van der Waals surface area contributed by atoms with E-state index in [0.717, 1.165) is 18.2 Å². The summed E-state index contributed by atoms with van der Waals surface area (Å²) >= 11 is 0. The molecule has 0 aromatic heterocycles. The number of halogens is 2. The zero-order valence-electron chi connectivity index (χ0n) is 9.45. The van der Waals surface area contributed by atoms with Gasteiger partial charge in [0.05, 0.1) is 11.3 Å². The second-order valence-corrected chi connectivity index (χ2v) is 3.75. The fourth-order valence-corrected chi connectivity index (χ4v) is 1.60. The maximum Gasteiger partial charge on any atom is 0.128 e. The first kappa shape index (κ1) is 12.1. The van der Waals surface area contributed by atoms with Crippen LogP contribution in [0, 0.1) is 23.0 Å². The molecule has 0 aliphatic carbocycles. The second-order valence-electron chi connectivity index (χ2n) is 3.75. The molecule has 0 atom stereocenters. The van der Waals surface area contributed by atoms with Crippen LogP contribution >= 0.6 is 0 Å². The number of nitrogens with one attached hydrogen (secondary N) is 1. The summed E-state index contributed by atoms with van der Waals surface area (Å²) in [6, 6.07) is 12.2. The van der Waals surface area contributed by atoms with Crippen LogP contribution in [0.4, 0.5) is 14.5 Å². The van der Waals surface area contributed by atoms with Gasteiger partial charge in [0.2, 0.25) is 0 Å². The molecule has 2 aromatic rings. The lowest BCUT2D eigenvalue weighted by atomic mass is 10.1. The number of para-hydroxylation sites is 1. The lowest BCUT2D eigenvalue weighted by Gasteiger charge is -2.08. The van der Waals surface area contributed by atoms with Gasteiger partial charge in [0.25, 0.3) is 0 Å². The van der Waals surface area contributed by atoms with Gasteiger partial charge < -0.3 is 5.32 Å². The van der Waals surface area contributed by atoms with Gasteiger partial charge in [-0.1, -0.05) is 12.1 Å². The van der Waals surface area contributed by atoms with Crippen LogP contribution in [0.15, 0.2) is 42.5 Å². The zero-order valence-corrected chi connectivity index (χ0v) is 9.45. The normalized spacial score (nSPS) is 9.83. The van der Waals surface area contributed by atoms with Crippen LogP contribution in [0.2, 0.25) is 0 Å². The van der Waals surface area contributed by atoms with Crippen molar-refractivity contribution in [2.24, 2.45) is 0 Å². The second kappa shape index (κ2) is 5.28. The van der Waals surface area contributed by atoms with E-state index in [-0.39, 0.29) is 12.1 Å². The van der Waals surface area contributed by atoms with E-state index < -0.39 is 11.6 Å². The van der Waals surface area contributed by atoms with Crippen molar-refractivity contribution in [3.8, 4) is 6.07 Å². The molecule has 2 rings (SSSR count). The number of hydrogen-bond acceptors (Lipinski definition) is 2. The van der Waals surface area contributed by atoms with Crippen LogP contribution in [0.1, 0.15) is 11.1 Å². The minimum Gasteiger partial charge on any atom is -0.380 e. The Bertz CT molecular complexity index is 603. The highest BCUT2D eigenvalue weighted by atomic mass is 19.1. The van der Waals surface area contributed by atoms with Crippen molar-refractivity contribution in [3.05, 3.63) is 65.2 Å². The van der Waals surface area contributed by atoms with Crippen molar-refractivity contribution in [1.29, 1.82) is 5.26 Å². The summed E-state index contributed by atoms with van der Waals surface area (Å²) in [5.41, 5.74) is 1.29. The van der Waals surface area contributed by atoms with Gasteiger partial charge in [-0.15, -0.1) is 0 Å². The Morgan fingerprint density at radius 2 is 1.89 bits per heavy atom. The number of nitrogens with zero attached hydrogens (tertiary/aromatic N) is 1. The molecular formula is C14H10F2N2. The number of rotatable bonds is 3. The van der Waals surface area contributed by atoms with Crippen molar-refractivity contribution < 1.29 is 8.78 Å². The molecule has 0 heterocycles. The van der Waals surface area contributed by atoms with Gasteiger partial charge in [-0.25, -0.2) is 8.78 Å². The lowest BCUT2D eigenvalue weighted by molar-refractivity contribution is 0.587. The third kappa shape index (κ3) is 2.64. The summed E-state index contributed by atoms with van der Waals surface area (Å²) in [5.74, 6) is -0.958. The topological polar surface area (TPSA) is 35.8 Å². The maximum absolute atomic E-state index is 13.4. The number of anilines is 1. The van der Waals surface area contributed by atoms with E-state index in [9.17, 15) is 8.78 Å². The van der Waals surface area contributed by atoms with E-state index in [0.29, 0.717) is 11.3 Å². The lowest BCUT2D eigenvalue weighted by Crippen LogP contribution is -2.03. The highest BCUT2D eigenvalue weighted by molar-refractivity contribution is 5.57. The molecule has 2 nitrogen and oxygen atoms in total. The molecule has 4 heteroatoms. The van der Waals surface area contributed by atoms with E-state index in [1.54, 1.807) is 24.3 Å². The standard InChI is InChI=1S/C14H10F2N2/c15-12-5-6-13(16)11(7-12)9-18-14-4-2-1-3-10(14)8-17/h1-7,18H,9H2. The first-order valence-corrected chi connectivity index (χ1v) is 5.37. The number of hydrogen-bond donors (Lipinski definition) is 1. The quantitative estimate of drug-likeness (QED) is 0.897. The third-order valence-corrected chi connectivity index (χ3v) is 2.52. The minimum absolute atomic E-state index is 0.127. The Hall–Kier alpha value is -2.41. The zero-order chi connectivity index (χ0) is 13.0. The van der Waals surface area contributed by atoms with Crippen LogP contribution in [-0.4, -0.2) is 0 Å². The Balaban J connectivity index is 2.17. The van der Waals surface area contributed by atoms with Crippen molar-refractivity contribution in [2.75, 3.05) is 5.32 Å². The number of benzene rings is 2. The average Bonchev–Trinajstić information content (AvgIpc) is 2.40. The summed E-state index contributed by atoms with van der Waals surface area (Å²) in [6.07, 6.45) is 0. The van der Waals surface area contributed by atoms with Gasteiger partial charge in [-0.3, -0.25) is 0 Å². The summed E-state index contributed by atoms with van der Waals surface area (Å²) in [4.78, 5) is 0. The van der Waals surface area contributed by atoms with Crippen LogP contribution in [0.25, 0.3) is 0 Å². The van der Waals surface area contributed by atoms with Gasteiger partial charge in [-0.05, 0) is 30.3 Å². The van der Waals surface area contributed by atoms with E-state index >= 15 is 0 Å². The molecule has 0 saturated heterocycles. The minimum atomic E-state index is -0.484. The third-order valence-electron chi connectivity index (χ3n) is 2.52. The Labute approximate surface area is 103 Å². The molecule has 0 aliphatic heterocycles. The van der Waals surface area contributed by atoms with E-state index in [1.165, 1.54) is 0 Å². The molecule has 0 bridgehead atoms. The van der Waals surface area contributed by atoms with E-state index in [2.05, 4.69) is 5.32 Å². The Kier molecular flexibility index (Phi) is 3.54. The fourth-order valence-electron chi connectivity index (χ4n) is 1.60. The predicted molar refractivity (Wildman–Crippen MR) is 64.8 cm³/mol. The first-order chi connectivity index (χ1) is 8.70. The van der Waals surface area contributed by atoms with Gasteiger partial charge in [0, 0.05) is 12.1 Å². The Morgan fingerprint density at radius 1 is 1.11 bits per heavy atom. The van der Waals surface area contributed by atoms with E-state index in [1.807, 2.05) is 6.07 Å². The van der Waals surface area contributed by atoms with Gasteiger partial charge >= 0.3 is 0 Å². The monoisotopic (exact) mass is 244 g/mol. The molecular weight excluding hydrogens is 234 g/mol. The molecule has 0 radical (unpaired) electrons. The van der Waals surface area contributed by atoms with Crippen molar-refractivity contribution in [1.82, 2.24) is 0 Å². The summed E-state index contributed by atoms with van der Waals surface area (Å²) in [5, 5.41) is 11.8. The molecule has 1 N–H and O–H groups in total. The molecule has 90 valence electrons. The SMILES string of the molecule is N#Cc1ccccc1NCc1cc(F)ccc1F. The molecule has 0 fully saturated rings. The summed E-state index contributed by atoms with van der Waals surface area (Å²) in [6.45, 7) is 0.127. The van der Waals surface area contributed by atoms with Crippen molar-refractivity contribution in [3.63, 3.8) is 0 Å². The van der Waals surface area contributed by atoms with Crippen LogP contribution < -0.4 is 5.32 Å². The summed E-state index contributed by atoms with van der Waals surface area (Å²) < 4.78 is 26.4. The van der Waals surface area contributed by atoms with Crippen LogP contribution in [0.3, 0.4) is 0 Å². The molecule has 18 heavy (non-hydrogen) atoms. The van der Waals surface area contributed by atoms with Crippen molar-refractivity contribution in [2.45, 2.75) is 6.54 Å². The smallest absolute Gasteiger partial charge is 0.128 e. The molecule has 0 unspecified atom stereocenters. The molecule has 2 aromatic carbocycles. The number of nitriles is 1. The average molecular weight is 244 g/mol. The first-order valence-electron chi connectivity index (χ1n) is 5.37. The van der Waals surface area contributed by atoms with Crippen LogP contribution in [-0.2, 0) is 6.54 Å². The highest BCUT2D eigenvalue weighted by Crippen LogP contribution is 2.16. The molecule has 0 amide bonds. The largest absolute Gasteiger partial charge is 0.380 e. The fraction of sp³-hybridized carbons (Fsp3) is 0.0714. The predicted octanol–water partition coefficient (Wildman–Crippen LogP) is 3.45. The Morgan fingerprint density at radius 3 is 2.67 bits per heavy atom. The van der Waals surface area contributed by atoms with Crippen molar-refractivity contribution >= 4 is 5.69 Å². The summed E-state index contributed by atoms with van der Waals surface area (Å²) in [7, 11) is 0. The molecule has 0 aliphatic rings. The van der Waals surface area contributed by atoms with Gasteiger partial charge in [-0.2, -0.15) is 5.26 Å². The molecule has 0 spiro atoms. The van der Waals surface area contributed by atoms with Crippen LogP contribution in [0.5, 0.6) is 0 Å². The van der Waals surface area contributed by atoms with Gasteiger partial charge in [0.1, 0.15) is 17.7 Å². The van der Waals surface area contributed by atoms with Gasteiger partial charge in [0.15, 0.2) is 0 Å².